The van der Waals surface area contributed by atoms with Gasteiger partial charge in [-0.25, -0.2) is 0 Å². The van der Waals surface area contributed by atoms with E-state index in [1.807, 2.05) is 13.8 Å². The van der Waals surface area contributed by atoms with Gasteiger partial charge in [-0.2, -0.15) is 21.9 Å². The van der Waals surface area contributed by atoms with Gasteiger partial charge in [0.2, 0.25) is 0 Å². The van der Waals surface area contributed by atoms with Crippen LogP contribution in [0, 0.1) is 13.8 Å². The minimum absolute atomic E-state index is 0.0124. The van der Waals surface area contributed by atoms with Crippen LogP contribution >= 0.6 is 0 Å². The first kappa shape index (κ1) is 22.2. The molecule has 1 aromatic heterocycles. The van der Waals surface area contributed by atoms with Gasteiger partial charge in [0.15, 0.2) is 0 Å². The summed E-state index contributed by atoms with van der Waals surface area (Å²) in [6.07, 6.45) is 2.02. The molecule has 0 N–H and O–H groups in total. The van der Waals surface area contributed by atoms with Gasteiger partial charge in [-0.1, -0.05) is 35.4 Å². The van der Waals surface area contributed by atoms with E-state index in [-0.39, 0.29) is 16.3 Å². The molecule has 2 aromatic carbocycles. The fourth-order valence-corrected chi connectivity index (χ4v) is 4.60. The zero-order chi connectivity index (χ0) is 21.8. The number of aryl methyl sites for hydroxylation is 2. The summed E-state index contributed by atoms with van der Waals surface area (Å²) in [5, 5.41) is 4.02. The van der Waals surface area contributed by atoms with Crippen molar-refractivity contribution in [1.82, 2.24) is 9.78 Å². The summed E-state index contributed by atoms with van der Waals surface area (Å²) in [4.78, 5) is -0.0488. The van der Waals surface area contributed by atoms with E-state index in [1.165, 1.54) is 35.1 Å². The number of hydrogen-bond donors (Lipinski definition) is 0. The van der Waals surface area contributed by atoms with E-state index in [4.69, 9.17) is 8.37 Å². The molecule has 0 fully saturated rings. The molecule has 0 aliphatic rings. The molecular weight excluding hydrogens is 428 g/mol. The first-order chi connectivity index (χ1) is 14.2. The van der Waals surface area contributed by atoms with Crippen molar-refractivity contribution in [3.05, 3.63) is 78.1 Å². The molecule has 3 aromatic rings. The molecule has 1 unspecified atom stereocenters. The third-order valence-electron chi connectivity index (χ3n) is 4.24. The molecule has 1 atom stereocenters. The SMILES string of the molecule is Cc1ccc(S(=O)(=O)OCC(Cn2cccn2)OS(=O)(=O)c2ccc(C)cc2)cc1. The van der Waals surface area contributed by atoms with E-state index in [0.29, 0.717) is 0 Å². The molecular formula is C20H22N2O6S2. The summed E-state index contributed by atoms with van der Waals surface area (Å²) in [6.45, 7) is 3.16. The Balaban J connectivity index is 1.78. The predicted octanol–water partition coefficient (Wildman–Crippen LogP) is 2.68. The lowest BCUT2D eigenvalue weighted by Gasteiger charge is -2.18. The van der Waals surface area contributed by atoms with Crippen LogP contribution < -0.4 is 0 Å². The quantitative estimate of drug-likeness (QED) is 0.462. The van der Waals surface area contributed by atoms with Crippen LogP contribution in [0.2, 0.25) is 0 Å². The van der Waals surface area contributed by atoms with Crippen LogP contribution in [0.25, 0.3) is 0 Å². The van der Waals surface area contributed by atoms with Crippen molar-refractivity contribution in [3.8, 4) is 0 Å². The van der Waals surface area contributed by atoms with Crippen LogP contribution in [0.5, 0.6) is 0 Å². The number of aromatic nitrogens is 2. The Morgan fingerprint density at radius 3 is 1.90 bits per heavy atom. The second-order valence-electron chi connectivity index (χ2n) is 6.77. The molecule has 0 aliphatic carbocycles. The van der Waals surface area contributed by atoms with E-state index >= 15 is 0 Å². The standard InChI is InChI=1S/C20H22N2O6S2/c1-16-4-8-19(9-5-16)29(23,24)27-15-18(14-22-13-3-12-21-22)28-30(25,26)20-10-6-17(2)7-11-20/h3-13,18H,14-15H2,1-2H3. The number of benzene rings is 2. The van der Waals surface area contributed by atoms with Crippen molar-refractivity contribution in [3.63, 3.8) is 0 Å². The minimum atomic E-state index is -4.13. The molecule has 10 heteroatoms. The van der Waals surface area contributed by atoms with E-state index in [1.54, 1.807) is 36.5 Å². The van der Waals surface area contributed by atoms with Gasteiger partial charge < -0.3 is 0 Å². The Morgan fingerprint density at radius 2 is 1.40 bits per heavy atom. The lowest BCUT2D eigenvalue weighted by Crippen LogP contribution is -2.30. The Kier molecular flexibility index (Phi) is 6.71. The second-order valence-corrected chi connectivity index (χ2v) is 9.95. The van der Waals surface area contributed by atoms with Crippen molar-refractivity contribution in [2.75, 3.05) is 6.61 Å². The Bertz CT molecular complexity index is 1170. The lowest BCUT2D eigenvalue weighted by molar-refractivity contribution is 0.119. The van der Waals surface area contributed by atoms with Crippen LogP contribution in [0.1, 0.15) is 11.1 Å². The highest BCUT2D eigenvalue weighted by Gasteiger charge is 2.26. The molecule has 0 aliphatic heterocycles. The molecule has 160 valence electrons. The van der Waals surface area contributed by atoms with Gasteiger partial charge in [0.05, 0.1) is 22.9 Å². The fourth-order valence-electron chi connectivity index (χ4n) is 2.61. The third kappa shape index (κ3) is 5.76. The maximum Gasteiger partial charge on any atom is 0.297 e. The second kappa shape index (κ2) is 9.09. The number of rotatable bonds is 9. The normalized spacial score (nSPS) is 13.3. The highest BCUT2D eigenvalue weighted by Crippen LogP contribution is 2.18. The number of nitrogens with zero attached hydrogens (tertiary/aromatic N) is 2. The van der Waals surface area contributed by atoms with Crippen molar-refractivity contribution >= 4 is 20.2 Å². The molecule has 3 rings (SSSR count). The van der Waals surface area contributed by atoms with Gasteiger partial charge in [0, 0.05) is 12.4 Å². The van der Waals surface area contributed by atoms with Gasteiger partial charge in [-0.05, 0) is 44.2 Å². The zero-order valence-electron chi connectivity index (χ0n) is 16.5. The van der Waals surface area contributed by atoms with Gasteiger partial charge in [-0.3, -0.25) is 13.0 Å². The van der Waals surface area contributed by atoms with Gasteiger partial charge in [0.1, 0.15) is 6.10 Å². The van der Waals surface area contributed by atoms with Crippen molar-refractivity contribution in [1.29, 1.82) is 0 Å². The van der Waals surface area contributed by atoms with Gasteiger partial charge >= 0.3 is 0 Å². The lowest BCUT2D eigenvalue weighted by atomic mass is 10.2. The molecule has 30 heavy (non-hydrogen) atoms. The Morgan fingerprint density at radius 1 is 0.867 bits per heavy atom. The van der Waals surface area contributed by atoms with E-state index < -0.39 is 32.9 Å². The molecule has 0 radical (unpaired) electrons. The summed E-state index contributed by atoms with van der Waals surface area (Å²) in [5.41, 5.74) is 1.80. The summed E-state index contributed by atoms with van der Waals surface area (Å²) in [7, 11) is -8.21. The van der Waals surface area contributed by atoms with Crippen molar-refractivity contribution in [2.45, 2.75) is 36.3 Å². The average molecular weight is 451 g/mol. The molecule has 8 nitrogen and oxygen atoms in total. The van der Waals surface area contributed by atoms with Crippen LogP contribution in [0.15, 0.2) is 76.8 Å². The summed E-state index contributed by atoms with van der Waals surface area (Å²) in [5.74, 6) is 0. The number of hydrogen-bond acceptors (Lipinski definition) is 7. The summed E-state index contributed by atoms with van der Waals surface area (Å²) < 4.78 is 62.1. The van der Waals surface area contributed by atoms with E-state index in [9.17, 15) is 16.8 Å². The maximum atomic E-state index is 12.7. The Labute approximate surface area is 176 Å². The first-order valence-electron chi connectivity index (χ1n) is 9.09. The largest absolute Gasteiger partial charge is 0.297 e. The highest BCUT2D eigenvalue weighted by atomic mass is 32.2. The van der Waals surface area contributed by atoms with Crippen LogP contribution in [0.4, 0.5) is 0 Å². The minimum Gasteiger partial charge on any atom is -0.270 e. The van der Waals surface area contributed by atoms with Crippen LogP contribution in [0.3, 0.4) is 0 Å². The van der Waals surface area contributed by atoms with Crippen molar-refractivity contribution in [2.24, 2.45) is 0 Å². The van der Waals surface area contributed by atoms with Gasteiger partial charge in [0.25, 0.3) is 20.2 Å². The van der Waals surface area contributed by atoms with Crippen molar-refractivity contribution < 1.29 is 25.2 Å². The molecule has 0 bridgehead atoms. The summed E-state index contributed by atoms with van der Waals surface area (Å²) >= 11 is 0. The third-order valence-corrected chi connectivity index (χ3v) is 6.91. The summed E-state index contributed by atoms with van der Waals surface area (Å²) in [6, 6.07) is 14.0. The predicted molar refractivity (Wildman–Crippen MR) is 110 cm³/mol. The topological polar surface area (TPSA) is 105 Å². The van der Waals surface area contributed by atoms with Crippen LogP contribution in [-0.2, 0) is 35.1 Å². The van der Waals surface area contributed by atoms with Gasteiger partial charge in [-0.15, -0.1) is 0 Å². The molecule has 1 heterocycles. The zero-order valence-corrected chi connectivity index (χ0v) is 18.1. The van der Waals surface area contributed by atoms with E-state index in [0.717, 1.165) is 11.1 Å². The average Bonchev–Trinajstić information content (AvgIpc) is 3.20. The maximum absolute atomic E-state index is 12.7. The van der Waals surface area contributed by atoms with Crippen LogP contribution in [-0.4, -0.2) is 39.3 Å². The smallest absolute Gasteiger partial charge is 0.270 e. The monoisotopic (exact) mass is 450 g/mol. The molecule has 0 saturated carbocycles. The Hall–Kier alpha value is -2.53. The highest BCUT2D eigenvalue weighted by molar-refractivity contribution is 7.87. The van der Waals surface area contributed by atoms with E-state index in [2.05, 4.69) is 5.10 Å². The molecule has 0 saturated heterocycles. The molecule has 0 amide bonds. The first-order valence-corrected chi connectivity index (χ1v) is 11.9. The molecule has 0 spiro atoms. The fraction of sp³-hybridized carbons (Fsp3) is 0.250.